The Balaban J connectivity index is 2.44. The smallest absolute Gasteiger partial charge is 0.337 e. The van der Waals surface area contributed by atoms with E-state index in [1.807, 2.05) is 13.0 Å². The number of carboxylic acid groups (broad SMARTS) is 1. The number of hydrogen-bond donors (Lipinski definition) is 2. The van der Waals surface area contributed by atoms with E-state index >= 15 is 0 Å². The lowest BCUT2D eigenvalue weighted by atomic mass is 10.1. The first-order valence-corrected chi connectivity index (χ1v) is 5.85. The van der Waals surface area contributed by atoms with Crippen LogP contribution in [0.1, 0.15) is 21.5 Å². The van der Waals surface area contributed by atoms with E-state index in [0.29, 0.717) is 16.9 Å². The van der Waals surface area contributed by atoms with Gasteiger partial charge >= 0.3 is 5.97 Å². The van der Waals surface area contributed by atoms with Gasteiger partial charge in [0.2, 0.25) is 0 Å². The zero-order chi connectivity index (χ0) is 14.0. The van der Waals surface area contributed by atoms with Crippen LogP contribution in [0.5, 0.6) is 0 Å². The molecule has 0 saturated heterocycles. The molecule has 0 aliphatic rings. The highest BCUT2D eigenvalue weighted by atomic mass is 19.1. The fraction of sp³-hybridized carbons (Fsp3) is 0.133. The summed E-state index contributed by atoms with van der Waals surface area (Å²) in [6.07, 6.45) is 0. The van der Waals surface area contributed by atoms with E-state index < -0.39 is 5.97 Å². The Morgan fingerprint density at radius 1 is 1.16 bits per heavy atom. The van der Waals surface area contributed by atoms with Crippen molar-refractivity contribution in [3.05, 3.63) is 58.9 Å². The standard InChI is InChI=1S/C15H14FNO2/c1-9-6-7-14(11(8-9)15(18)19)17-13-5-3-4-12(16)10(13)2/h3-8,17H,1-2H3,(H,18,19). The van der Waals surface area contributed by atoms with Gasteiger partial charge in [0.05, 0.1) is 11.3 Å². The van der Waals surface area contributed by atoms with Crippen LogP contribution >= 0.6 is 0 Å². The quantitative estimate of drug-likeness (QED) is 0.879. The minimum atomic E-state index is -1.01. The van der Waals surface area contributed by atoms with E-state index in [1.165, 1.54) is 6.07 Å². The Morgan fingerprint density at radius 2 is 1.89 bits per heavy atom. The van der Waals surface area contributed by atoms with E-state index in [9.17, 15) is 14.3 Å². The molecule has 19 heavy (non-hydrogen) atoms. The van der Waals surface area contributed by atoms with Crippen LogP contribution in [0.25, 0.3) is 0 Å². The molecule has 0 saturated carbocycles. The van der Waals surface area contributed by atoms with Gasteiger partial charge in [0.1, 0.15) is 5.82 Å². The lowest BCUT2D eigenvalue weighted by Gasteiger charge is -2.12. The highest BCUT2D eigenvalue weighted by molar-refractivity contribution is 5.95. The molecule has 0 fully saturated rings. The molecule has 0 bridgehead atoms. The largest absolute Gasteiger partial charge is 0.478 e. The van der Waals surface area contributed by atoms with Crippen molar-refractivity contribution in [3.8, 4) is 0 Å². The van der Waals surface area contributed by atoms with E-state index in [0.717, 1.165) is 5.56 Å². The van der Waals surface area contributed by atoms with Crippen LogP contribution in [0, 0.1) is 19.7 Å². The van der Waals surface area contributed by atoms with Gasteiger partial charge in [-0.3, -0.25) is 0 Å². The number of carboxylic acids is 1. The van der Waals surface area contributed by atoms with Gasteiger partial charge in [0.15, 0.2) is 0 Å². The molecular formula is C15H14FNO2. The van der Waals surface area contributed by atoms with E-state index in [1.54, 1.807) is 31.2 Å². The summed E-state index contributed by atoms with van der Waals surface area (Å²) < 4.78 is 13.4. The minimum Gasteiger partial charge on any atom is -0.478 e. The van der Waals surface area contributed by atoms with Gasteiger partial charge in [0.25, 0.3) is 0 Å². The van der Waals surface area contributed by atoms with Crippen molar-refractivity contribution in [3.63, 3.8) is 0 Å². The van der Waals surface area contributed by atoms with Gasteiger partial charge in [-0.2, -0.15) is 0 Å². The first-order chi connectivity index (χ1) is 8.99. The second-order valence-electron chi connectivity index (χ2n) is 4.39. The minimum absolute atomic E-state index is 0.170. The maximum atomic E-state index is 13.4. The van der Waals surface area contributed by atoms with Crippen LogP contribution in [0.4, 0.5) is 15.8 Å². The third kappa shape index (κ3) is 2.73. The average Bonchev–Trinajstić information content (AvgIpc) is 2.36. The lowest BCUT2D eigenvalue weighted by molar-refractivity contribution is 0.0698. The van der Waals surface area contributed by atoms with Crippen LogP contribution in [-0.2, 0) is 0 Å². The van der Waals surface area contributed by atoms with Crippen LogP contribution < -0.4 is 5.32 Å². The zero-order valence-electron chi connectivity index (χ0n) is 10.7. The molecule has 2 aromatic rings. The Bertz CT molecular complexity index is 638. The predicted molar refractivity (Wildman–Crippen MR) is 72.6 cm³/mol. The van der Waals surface area contributed by atoms with Gasteiger partial charge in [-0.25, -0.2) is 9.18 Å². The molecule has 0 aliphatic carbocycles. The monoisotopic (exact) mass is 259 g/mol. The highest BCUT2D eigenvalue weighted by Crippen LogP contribution is 2.25. The Labute approximate surface area is 110 Å². The highest BCUT2D eigenvalue weighted by Gasteiger charge is 2.12. The van der Waals surface area contributed by atoms with Crippen molar-refractivity contribution in [2.45, 2.75) is 13.8 Å². The lowest BCUT2D eigenvalue weighted by Crippen LogP contribution is -2.04. The molecule has 0 amide bonds. The molecule has 98 valence electrons. The summed E-state index contributed by atoms with van der Waals surface area (Å²) in [7, 11) is 0. The van der Waals surface area contributed by atoms with Crippen LogP contribution in [0.15, 0.2) is 36.4 Å². The van der Waals surface area contributed by atoms with Crippen LogP contribution in [0.3, 0.4) is 0 Å². The van der Waals surface area contributed by atoms with Gasteiger partial charge in [-0.15, -0.1) is 0 Å². The fourth-order valence-corrected chi connectivity index (χ4v) is 1.83. The second kappa shape index (κ2) is 5.10. The number of nitrogens with one attached hydrogen (secondary N) is 1. The van der Waals surface area contributed by atoms with Crippen molar-refractivity contribution in [2.75, 3.05) is 5.32 Å². The molecule has 2 rings (SSSR count). The van der Waals surface area contributed by atoms with Crippen molar-refractivity contribution >= 4 is 17.3 Å². The van der Waals surface area contributed by atoms with Gasteiger partial charge < -0.3 is 10.4 Å². The normalized spacial score (nSPS) is 10.3. The topological polar surface area (TPSA) is 49.3 Å². The number of halogens is 1. The molecule has 4 heteroatoms. The molecule has 0 unspecified atom stereocenters. The third-order valence-electron chi connectivity index (χ3n) is 2.94. The molecule has 0 spiro atoms. The molecule has 0 heterocycles. The number of rotatable bonds is 3. The summed E-state index contributed by atoms with van der Waals surface area (Å²) >= 11 is 0. The van der Waals surface area contributed by atoms with Gasteiger partial charge in [0, 0.05) is 11.3 Å². The number of aromatic carboxylic acids is 1. The molecular weight excluding hydrogens is 245 g/mol. The number of aryl methyl sites for hydroxylation is 1. The summed E-state index contributed by atoms with van der Waals surface area (Å²) in [6, 6.07) is 9.74. The van der Waals surface area contributed by atoms with E-state index in [2.05, 4.69) is 5.32 Å². The molecule has 0 aliphatic heterocycles. The Morgan fingerprint density at radius 3 is 2.58 bits per heavy atom. The Hall–Kier alpha value is -2.36. The van der Waals surface area contributed by atoms with Crippen molar-refractivity contribution in [2.24, 2.45) is 0 Å². The second-order valence-corrected chi connectivity index (χ2v) is 4.39. The molecule has 0 atom stereocenters. The first kappa shape index (κ1) is 13.1. The fourth-order valence-electron chi connectivity index (χ4n) is 1.83. The summed E-state index contributed by atoms with van der Waals surface area (Å²) in [4.78, 5) is 11.2. The molecule has 0 radical (unpaired) electrons. The molecule has 3 nitrogen and oxygen atoms in total. The number of anilines is 2. The summed E-state index contributed by atoms with van der Waals surface area (Å²) in [5, 5.41) is 12.1. The van der Waals surface area contributed by atoms with E-state index in [-0.39, 0.29) is 11.4 Å². The predicted octanol–water partition coefficient (Wildman–Crippen LogP) is 3.88. The first-order valence-electron chi connectivity index (χ1n) is 5.85. The number of hydrogen-bond acceptors (Lipinski definition) is 2. The van der Waals surface area contributed by atoms with E-state index in [4.69, 9.17) is 0 Å². The van der Waals surface area contributed by atoms with Crippen LogP contribution in [-0.4, -0.2) is 11.1 Å². The summed E-state index contributed by atoms with van der Waals surface area (Å²) in [6.45, 7) is 3.47. The number of benzene rings is 2. The molecule has 2 N–H and O–H groups in total. The number of carbonyl (C=O) groups is 1. The van der Waals surface area contributed by atoms with Gasteiger partial charge in [-0.05, 0) is 38.1 Å². The zero-order valence-corrected chi connectivity index (χ0v) is 10.7. The molecule has 0 aromatic heterocycles. The Kier molecular flexibility index (Phi) is 3.51. The maximum Gasteiger partial charge on any atom is 0.337 e. The van der Waals surface area contributed by atoms with Crippen molar-refractivity contribution < 1.29 is 14.3 Å². The van der Waals surface area contributed by atoms with Crippen LogP contribution in [0.2, 0.25) is 0 Å². The average molecular weight is 259 g/mol. The third-order valence-corrected chi connectivity index (χ3v) is 2.94. The summed E-state index contributed by atoms with van der Waals surface area (Å²) in [5.74, 6) is -1.34. The van der Waals surface area contributed by atoms with Crippen molar-refractivity contribution in [1.29, 1.82) is 0 Å². The molecule has 2 aromatic carbocycles. The van der Waals surface area contributed by atoms with Crippen molar-refractivity contribution in [1.82, 2.24) is 0 Å². The summed E-state index contributed by atoms with van der Waals surface area (Å²) in [5.41, 5.74) is 2.50. The SMILES string of the molecule is Cc1ccc(Nc2cccc(F)c2C)c(C(=O)O)c1. The maximum absolute atomic E-state index is 13.4. The van der Waals surface area contributed by atoms with Gasteiger partial charge in [-0.1, -0.05) is 17.7 Å².